The van der Waals surface area contributed by atoms with Gasteiger partial charge in [-0.25, -0.2) is 4.39 Å². The summed E-state index contributed by atoms with van der Waals surface area (Å²) in [5.74, 6) is 0.374. The first-order valence-corrected chi connectivity index (χ1v) is 6.86. The van der Waals surface area contributed by atoms with E-state index < -0.39 is 0 Å². The van der Waals surface area contributed by atoms with Crippen molar-refractivity contribution >= 4 is 24.0 Å². The van der Waals surface area contributed by atoms with Crippen molar-refractivity contribution in [2.24, 2.45) is 5.92 Å². The molecule has 1 aromatic rings. The molecule has 2 rings (SSSR count). The molecule has 0 saturated carbocycles. The summed E-state index contributed by atoms with van der Waals surface area (Å²) in [6.45, 7) is 4.14. The highest BCUT2D eigenvalue weighted by atomic mass is 35.5. The Kier molecular flexibility index (Phi) is 7.08. The van der Waals surface area contributed by atoms with Crippen LogP contribution in [0, 0.1) is 11.7 Å². The monoisotopic (exact) mass is 306 g/mol. The van der Waals surface area contributed by atoms with Gasteiger partial charge in [-0.05, 0) is 56.6 Å². The zero-order chi connectivity index (χ0) is 13.0. The van der Waals surface area contributed by atoms with Gasteiger partial charge in [-0.1, -0.05) is 17.7 Å². The maximum absolute atomic E-state index is 13.1. The summed E-state index contributed by atoms with van der Waals surface area (Å²) >= 11 is 5.79. The summed E-state index contributed by atoms with van der Waals surface area (Å²) < 4.78 is 13.1. The molecule has 19 heavy (non-hydrogen) atoms. The average Bonchev–Trinajstić information content (AvgIpc) is 2.35. The van der Waals surface area contributed by atoms with Gasteiger partial charge in [-0.3, -0.25) is 0 Å². The maximum Gasteiger partial charge on any atom is 0.141 e. The summed E-state index contributed by atoms with van der Waals surface area (Å²) in [5.41, 5.74) is 1.06. The molecule has 1 aliphatic rings. The van der Waals surface area contributed by atoms with E-state index in [9.17, 15) is 4.39 Å². The Morgan fingerprint density at radius 3 is 2.89 bits per heavy atom. The third-order valence-electron chi connectivity index (χ3n) is 3.41. The topological polar surface area (TPSA) is 15.3 Å². The standard InChI is InChI=1S/C14H20ClFN2.ClH/c1-18(10-12-3-2-6-17-8-12)9-11-4-5-14(16)13(15)7-11;/h4-5,7,12,17H,2-3,6,8-10H2,1H3;1H. The smallest absolute Gasteiger partial charge is 0.141 e. The predicted molar refractivity (Wildman–Crippen MR) is 80.6 cm³/mol. The highest BCUT2D eigenvalue weighted by Crippen LogP contribution is 2.18. The van der Waals surface area contributed by atoms with Crippen LogP contribution in [0.3, 0.4) is 0 Å². The summed E-state index contributed by atoms with van der Waals surface area (Å²) in [4.78, 5) is 2.28. The van der Waals surface area contributed by atoms with Crippen LogP contribution >= 0.6 is 24.0 Å². The van der Waals surface area contributed by atoms with Crippen molar-refractivity contribution in [1.82, 2.24) is 10.2 Å². The Bertz CT molecular complexity index is 395. The molecule has 1 aromatic carbocycles. The van der Waals surface area contributed by atoms with Crippen LogP contribution in [0.1, 0.15) is 18.4 Å². The van der Waals surface area contributed by atoms with Crippen LogP contribution in [0.25, 0.3) is 0 Å². The van der Waals surface area contributed by atoms with E-state index in [0.29, 0.717) is 0 Å². The molecule has 2 nitrogen and oxygen atoms in total. The van der Waals surface area contributed by atoms with E-state index in [-0.39, 0.29) is 23.2 Å². The molecule has 1 unspecified atom stereocenters. The summed E-state index contributed by atoms with van der Waals surface area (Å²) in [7, 11) is 2.10. The lowest BCUT2D eigenvalue weighted by atomic mass is 9.99. The number of nitrogens with zero attached hydrogens (tertiary/aromatic N) is 1. The number of nitrogens with one attached hydrogen (secondary N) is 1. The lowest BCUT2D eigenvalue weighted by molar-refractivity contribution is 0.237. The molecular weight excluding hydrogens is 286 g/mol. The molecule has 0 radical (unpaired) electrons. The van der Waals surface area contributed by atoms with Gasteiger partial charge >= 0.3 is 0 Å². The molecule has 1 saturated heterocycles. The fraction of sp³-hybridized carbons (Fsp3) is 0.571. The Hall–Kier alpha value is -0.350. The second-order valence-electron chi connectivity index (χ2n) is 5.16. The molecule has 0 amide bonds. The minimum atomic E-state index is -0.348. The molecule has 1 heterocycles. The molecule has 1 aliphatic heterocycles. The lowest BCUT2D eigenvalue weighted by Crippen LogP contribution is -2.36. The normalized spacial score (nSPS) is 19.3. The first-order chi connectivity index (χ1) is 8.65. The number of halogens is 3. The average molecular weight is 307 g/mol. The molecule has 1 atom stereocenters. The second-order valence-corrected chi connectivity index (χ2v) is 5.56. The van der Waals surface area contributed by atoms with E-state index in [0.717, 1.165) is 37.7 Å². The number of benzene rings is 1. The van der Waals surface area contributed by atoms with Crippen molar-refractivity contribution in [2.75, 3.05) is 26.7 Å². The van der Waals surface area contributed by atoms with Gasteiger partial charge in [-0.15, -0.1) is 12.4 Å². The van der Waals surface area contributed by atoms with Crippen molar-refractivity contribution in [1.29, 1.82) is 0 Å². The first-order valence-electron chi connectivity index (χ1n) is 6.48. The molecule has 0 spiro atoms. The summed E-state index contributed by atoms with van der Waals surface area (Å²) in [6.07, 6.45) is 2.56. The Labute approximate surface area is 125 Å². The number of rotatable bonds is 4. The zero-order valence-electron chi connectivity index (χ0n) is 11.2. The van der Waals surface area contributed by atoms with Gasteiger partial charge < -0.3 is 10.2 Å². The molecular formula is C14H21Cl2FN2. The number of hydrogen-bond acceptors (Lipinski definition) is 2. The van der Waals surface area contributed by atoms with Crippen molar-refractivity contribution in [2.45, 2.75) is 19.4 Å². The molecule has 0 aliphatic carbocycles. The van der Waals surface area contributed by atoms with E-state index in [4.69, 9.17) is 11.6 Å². The van der Waals surface area contributed by atoms with Crippen LogP contribution in [0.15, 0.2) is 18.2 Å². The van der Waals surface area contributed by atoms with E-state index in [1.54, 1.807) is 12.1 Å². The molecule has 1 N–H and O–H groups in total. The predicted octanol–water partition coefficient (Wildman–Crippen LogP) is 3.33. The molecule has 108 valence electrons. The Morgan fingerprint density at radius 1 is 1.47 bits per heavy atom. The SMILES string of the molecule is CN(Cc1ccc(F)c(Cl)c1)CC1CCCNC1.Cl. The quantitative estimate of drug-likeness (QED) is 0.918. The highest BCUT2D eigenvalue weighted by Gasteiger charge is 2.15. The van der Waals surface area contributed by atoms with E-state index in [2.05, 4.69) is 17.3 Å². The van der Waals surface area contributed by atoms with Crippen LogP contribution < -0.4 is 5.32 Å². The first kappa shape index (κ1) is 16.7. The van der Waals surface area contributed by atoms with Crippen molar-refractivity contribution in [3.8, 4) is 0 Å². The van der Waals surface area contributed by atoms with E-state index in [1.165, 1.54) is 18.9 Å². The van der Waals surface area contributed by atoms with Crippen LogP contribution in [-0.2, 0) is 6.54 Å². The van der Waals surface area contributed by atoms with Gasteiger partial charge in [0.1, 0.15) is 5.82 Å². The van der Waals surface area contributed by atoms with Gasteiger partial charge in [-0.2, -0.15) is 0 Å². The van der Waals surface area contributed by atoms with Crippen LogP contribution in [0.2, 0.25) is 5.02 Å². The van der Waals surface area contributed by atoms with Crippen LogP contribution in [0.5, 0.6) is 0 Å². The van der Waals surface area contributed by atoms with Crippen molar-refractivity contribution in [3.63, 3.8) is 0 Å². The van der Waals surface area contributed by atoms with Crippen molar-refractivity contribution in [3.05, 3.63) is 34.6 Å². The van der Waals surface area contributed by atoms with Crippen LogP contribution in [-0.4, -0.2) is 31.6 Å². The lowest BCUT2D eigenvalue weighted by Gasteiger charge is -2.27. The number of hydrogen-bond donors (Lipinski definition) is 1. The van der Waals surface area contributed by atoms with Gasteiger partial charge in [0.05, 0.1) is 5.02 Å². The van der Waals surface area contributed by atoms with Gasteiger partial charge in [0.15, 0.2) is 0 Å². The molecule has 5 heteroatoms. The second kappa shape index (κ2) is 8.05. The maximum atomic E-state index is 13.1. The molecule has 0 bridgehead atoms. The number of piperidine rings is 1. The molecule has 1 fully saturated rings. The Morgan fingerprint density at radius 2 is 2.26 bits per heavy atom. The van der Waals surface area contributed by atoms with Crippen molar-refractivity contribution < 1.29 is 4.39 Å². The van der Waals surface area contributed by atoms with Crippen LogP contribution in [0.4, 0.5) is 4.39 Å². The minimum absolute atomic E-state index is 0. The Balaban J connectivity index is 0.00000180. The fourth-order valence-corrected chi connectivity index (χ4v) is 2.74. The molecule has 0 aromatic heterocycles. The summed E-state index contributed by atoms with van der Waals surface area (Å²) in [5, 5.41) is 3.63. The van der Waals surface area contributed by atoms with E-state index in [1.807, 2.05) is 0 Å². The van der Waals surface area contributed by atoms with E-state index >= 15 is 0 Å². The fourth-order valence-electron chi connectivity index (χ4n) is 2.53. The van der Waals surface area contributed by atoms with Gasteiger partial charge in [0.25, 0.3) is 0 Å². The third kappa shape index (κ3) is 5.27. The zero-order valence-corrected chi connectivity index (χ0v) is 12.7. The minimum Gasteiger partial charge on any atom is -0.316 e. The third-order valence-corrected chi connectivity index (χ3v) is 3.69. The van der Waals surface area contributed by atoms with Gasteiger partial charge in [0, 0.05) is 13.1 Å². The highest BCUT2D eigenvalue weighted by molar-refractivity contribution is 6.30. The summed E-state index contributed by atoms with van der Waals surface area (Å²) in [6, 6.07) is 4.96. The van der Waals surface area contributed by atoms with Gasteiger partial charge in [0.2, 0.25) is 0 Å². The largest absolute Gasteiger partial charge is 0.316 e.